The molecule has 2 aliphatic rings. The molecule has 0 aromatic heterocycles. The molecule has 0 bridgehead atoms. The molecule has 2 aromatic rings. The van der Waals surface area contributed by atoms with E-state index in [4.69, 9.17) is 14.6 Å². The Hall–Kier alpha value is -2.99. The van der Waals surface area contributed by atoms with E-state index in [-0.39, 0.29) is 48.3 Å². The van der Waals surface area contributed by atoms with Crippen molar-refractivity contribution in [3.63, 3.8) is 0 Å². The number of carbonyl (C=O) groups is 1. The van der Waals surface area contributed by atoms with Gasteiger partial charge in [-0.1, -0.05) is 18.2 Å². The van der Waals surface area contributed by atoms with Gasteiger partial charge in [0, 0.05) is 24.6 Å². The number of carbonyl (C=O) groups excluding carboxylic acids is 1. The van der Waals surface area contributed by atoms with Crippen molar-refractivity contribution in [1.82, 2.24) is 10.9 Å². The van der Waals surface area contributed by atoms with Crippen LogP contribution in [0, 0.1) is 0 Å². The number of ether oxygens (including phenoxy) is 2. The van der Waals surface area contributed by atoms with E-state index in [1.807, 2.05) is 0 Å². The van der Waals surface area contributed by atoms with Crippen LogP contribution in [0.5, 0.6) is 5.75 Å². The lowest BCUT2D eigenvalue weighted by atomic mass is 9.93. The SMILES string of the molecule is O=C(NNC1CCC(O)CC1)[C@]1(CCS(=O)(=O)c2ccccc2)COC(c2ccc(OCCCO)cc2)=N1. The molecule has 1 atom stereocenters. The summed E-state index contributed by atoms with van der Waals surface area (Å²) < 4.78 is 37.4. The Kier molecular flexibility index (Phi) is 9.37. The zero-order valence-corrected chi connectivity index (χ0v) is 22.0. The van der Waals surface area contributed by atoms with Crippen molar-refractivity contribution in [2.45, 2.75) is 61.1 Å². The highest BCUT2D eigenvalue weighted by molar-refractivity contribution is 7.91. The summed E-state index contributed by atoms with van der Waals surface area (Å²) in [6, 6.07) is 15.1. The smallest absolute Gasteiger partial charge is 0.265 e. The third-order valence-corrected chi connectivity index (χ3v) is 8.56. The molecule has 1 aliphatic carbocycles. The quantitative estimate of drug-likeness (QED) is 0.233. The van der Waals surface area contributed by atoms with Crippen LogP contribution in [0.25, 0.3) is 0 Å². The average Bonchev–Trinajstić information content (AvgIpc) is 3.38. The van der Waals surface area contributed by atoms with E-state index in [9.17, 15) is 18.3 Å². The highest BCUT2D eigenvalue weighted by atomic mass is 32.2. The lowest BCUT2D eigenvalue weighted by Gasteiger charge is -2.29. The second-order valence-electron chi connectivity index (χ2n) is 9.67. The molecule has 1 fully saturated rings. The van der Waals surface area contributed by atoms with Crippen LogP contribution in [0.15, 0.2) is 64.5 Å². The predicted molar refractivity (Wildman–Crippen MR) is 142 cm³/mol. The Bertz CT molecular complexity index is 1200. The van der Waals surface area contributed by atoms with E-state index in [2.05, 4.69) is 15.8 Å². The summed E-state index contributed by atoms with van der Waals surface area (Å²) in [7, 11) is -3.65. The van der Waals surface area contributed by atoms with Gasteiger partial charge in [0.05, 0.1) is 23.4 Å². The summed E-state index contributed by atoms with van der Waals surface area (Å²) in [6.45, 7) is 0.335. The maximum absolute atomic E-state index is 13.5. The number of hydrazine groups is 1. The van der Waals surface area contributed by atoms with Gasteiger partial charge in [0.1, 0.15) is 12.4 Å². The number of aliphatic hydroxyl groups excluding tert-OH is 2. The monoisotopic (exact) mass is 545 g/mol. The van der Waals surface area contributed by atoms with E-state index in [1.165, 1.54) is 12.1 Å². The molecule has 10 nitrogen and oxygen atoms in total. The number of rotatable bonds is 12. The summed E-state index contributed by atoms with van der Waals surface area (Å²) in [5.74, 6) is 0.129. The number of sulfone groups is 1. The molecule has 0 unspecified atom stereocenters. The molecule has 0 saturated heterocycles. The van der Waals surface area contributed by atoms with Gasteiger partial charge >= 0.3 is 0 Å². The van der Waals surface area contributed by atoms with Crippen molar-refractivity contribution in [2.24, 2.45) is 4.99 Å². The summed E-state index contributed by atoms with van der Waals surface area (Å²) in [5, 5.41) is 18.7. The fraction of sp³-hybridized carbons (Fsp3) is 0.481. The highest BCUT2D eigenvalue weighted by Gasteiger charge is 2.45. The average molecular weight is 546 g/mol. The number of aliphatic hydroxyl groups is 2. The molecule has 206 valence electrons. The minimum atomic E-state index is -3.65. The van der Waals surface area contributed by atoms with Gasteiger partial charge in [-0.2, -0.15) is 0 Å². The minimum Gasteiger partial charge on any atom is -0.494 e. The highest BCUT2D eigenvalue weighted by Crippen LogP contribution is 2.29. The summed E-state index contributed by atoms with van der Waals surface area (Å²) in [5.41, 5.74) is 4.98. The molecule has 1 saturated carbocycles. The first-order chi connectivity index (χ1) is 18.3. The molecule has 4 N–H and O–H groups in total. The standard InChI is InChI=1S/C27H35N3O7S/c31-16-4-17-36-23-13-7-20(8-14-23)25-28-27(19-37-25,15-18-38(34,35)24-5-2-1-3-6-24)26(33)30-29-21-9-11-22(32)12-10-21/h1-3,5-8,13-14,21-22,29,31-32H,4,9-12,15-19H2,(H,30,33)/t21?,22?,27-/m0/s1. The van der Waals surface area contributed by atoms with Crippen molar-refractivity contribution in [1.29, 1.82) is 0 Å². The van der Waals surface area contributed by atoms with E-state index in [0.717, 1.165) is 0 Å². The van der Waals surface area contributed by atoms with Gasteiger partial charge in [-0.05, 0) is 68.5 Å². The first-order valence-corrected chi connectivity index (χ1v) is 14.6. The molecule has 1 amide bonds. The summed E-state index contributed by atoms with van der Waals surface area (Å²) >= 11 is 0. The normalized spacial score (nSPS) is 23.4. The van der Waals surface area contributed by atoms with Crippen LogP contribution in [-0.4, -0.2) is 73.7 Å². The Balaban J connectivity index is 1.51. The van der Waals surface area contributed by atoms with E-state index >= 15 is 0 Å². The van der Waals surface area contributed by atoms with Gasteiger partial charge in [0.2, 0.25) is 5.90 Å². The molecule has 1 heterocycles. The Morgan fingerprint density at radius 1 is 1.08 bits per heavy atom. The van der Waals surface area contributed by atoms with Crippen LogP contribution >= 0.6 is 0 Å². The van der Waals surface area contributed by atoms with Gasteiger partial charge in [-0.25, -0.2) is 18.8 Å². The van der Waals surface area contributed by atoms with Gasteiger partial charge in [0.15, 0.2) is 15.4 Å². The first kappa shape index (κ1) is 28.0. The molecule has 4 rings (SSSR count). The van der Waals surface area contributed by atoms with Crippen LogP contribution in [-0.2, 0) is 19.4 Å². The third kappa shape index (κ3) is 7.10. The van der Waals surface area contributed by atoms with Gasteiger partial charge < -0.3 is 19.7 Å². The van der Waals surface area contributed by atoms with Crippen molar-refractivity contribution < 1.29 is 32.9 Å². The van der Waals surface area contributed by atoms with Crippen LogP contribution in [0.1, 0.15) is 44.1 Å². The van der Waals surface area contributed by atoms with Crippen LogP contribution < -0.4 is 15.6 Å². The zero-order valence-electron chi connectivity index (χ0n) is 21.2. The Labute approximate surface area is 223 Å². The van der Waals surface area contributed by atoms with Crippen LogP contribution in [0.2, 0.25) is 0 Å². The van der Waals surface area contributed by atoms with Crippen LogP contribution in [0.4, 0.5) is 0 Å². The van der Waals surface area contributed by atoms with E-state index < -0.39 is 21.3 Å². The predicted octanol–water partition coefficient (Wildman–Crippen LogP) is 1.75. The molecule has 2 aromatic carbocycles. The summed E-state index contributed by atoms with van der Waals surface area (Å²) in [6.07, 6.45) is 2.88. The molecular formula is C27H35N3O7S. The number of benzene rings is 2. The number of hydrogen-bond acceptors (Lipinski definition) is 9. The van der Waals surface area contributed by atoms with Gasteiger partial charge in [-0.3, -0.25) is 10.2 Å². The third-order valence-electron chi connectivity index (χ3n) is 6.83. The number of aliphatic imine (C=N–C) groups is 1. The van der Waals surface area contributed by atoms with Crippen molar-refractivity contribution in [2.75, 3.05) is 25.6 Å². The maximum Gasteiger partial charge on any atom is 0.265 e. The van der Waals surface area contributed by atoms with Crippen LogP contribution in [0.3, 0.4) is 0 Å². The lowest BCUT2D eigenvalue weighted by Crippen LogP contribution is -2.55. The maximum atomic E-state index is 13.5. The van der Waals surface area contributed by atoms with Gasteiger partial charge in [0.25, 0.3) is 5.91 Å². The first-order valence-electron chi connectivity index (χ1n) is 12.9. The fourth-order valence-corrected chi connectivity index (χ4v) is 5.87. The summed E-state index contributed by atoms with van der Waals surface area (Å²) in [4.78, 5) is 18.3. The topological polar surface area (TPSA) is 147 Å². The Morgan fingerprint density at radius 3 is 2.47 bits per heavy atom. The number of hydrogen-bond donors (Lipinski definition) is 4. The second kappa shape index (κ2) is 12.7. The number of amides is 1. The number of nitrogens with one attached hydrogen (secondary N) is 2. The fourth-order valence-electron chi connectivity index (χ4n) is 4.45. The molecule has 11 heteroatoms. The Morgan fingerprint density at radius 2 is 1.79 bits per heavy atom. The second-order valence-corrected chi connectivity index (χ2v) is 11.8. The van der Waals surface area contributed by atoms with Crippen molar-refractivity contribution in [3.8, 4) is 5.75 Å². The minimum absolute atomic E-state index is 0.0107. The molecule has 0 spiro atoms. The molecule has 0 radical (unpaired) electrons. The van der Waals surface area contributed by atoms with E-state index in [0.29, 0.717) is 50.0 Å². The zero-order chi connectivity index (χ0) is 27.0. The lowest BCUT2D eigenvalue weighted by molar-refractivity contribution is -0.128. The van der Waals surface area contributed by atoms with Gasteiger partial charge in [-0.15, -0.1) is 0 Å². The molecule has 38 heavy (non-hydrogen) atoms. The number of nitrogens with zero attached hydrogens (tertiary/aromatic N) is 1. The van der Waals surface area contributed by atoms with E-state index in [1.54, 1.807) is 42.5 Å². The molecule has 1 aliphatic heterocycles. The molecular weight excluding hydrogens is 510 g/mol. The van der Waals surface area contributed by atoms with Crippen molar-refractivity contribution >= 4 is 21.6 Å². The van der Waals surface area contributed by atoms with Crippen molar-refractivity contribution in [3.05, 3.63) is 60.2 Å². The largest absolute Gasteiger partial charge is 0.494 e.